The molecule has 0 saturated heterocycles. The number of benzene rings is 4. The van der Waals surface area contributed by atoms with Crippen LogP contribution in [0.25, 0.3) is 37.4 Å². The standard InChI is InChI=1S/C31H24S.2ClH.Zr/c1-19-18-20-14-17-29-31(27-12-6-7-13-28(27)32-29)30(20)21(19)15-16-26-24-10-4-2-8-22(24)23-9-3-5-11-25(23)26;;;/h2-14,17-18,21,26H,15-16H2,1H3;2*1H;/q;;;+2/p-2. The molecule has 1 atom stereocenters. The van der Waals surface area contributed by atoms with Crippen molar-refractivity contribution in [1.29, 1.82) is 0 Å². The molecule has 1 heterocycles. The third-order valence-corrected chi connectivity index (χ3v) is 8.74. The fourth-order valence-corrected chi connectivity index (χ4v) is 7.33. The van der Waals surface area contributed by atoms with Crippen molar-refractivity contribution in [2.75, 3.05) is 0 Å². The van der Waals surface area contributed by atoms with Crippen molar-refractivity contribution < 1.29 is 51.0 Å². The monoisotopic (exact) mass is 588 g/mol. The molecule has 0 N–H and O–H groups in total. The van der Waals surface area contributed by atoms with E-state index in [-0.39, 0.29) is 51.0 Å². The summed E-state index contributed by atoms with van der Waals surface area (Å²) in [4.78, 5) is 0. The van der Waals surface area contributed by atoms with Gasteiger partial charge in [-0.3, -0.25) is 0 Å². The molecule has 0 nitrogen and oxygen atoms in total. The van der Waals surface area contributed by atoms with Crippen LogP contribution in [-0.4, -0.2) is 0 Å². The summed E-state index contributed by atoms with van der Waals surface area (Å²) in [6.07, 6.45) is 4.80. The van der Waals surface area contributed by atoms with E-state index >= 15 is 0 Å². The molecule has 0 bridgehead atoms. The Bertz CT molecular complexity index is 1520. The zero-order valence-corrected chi connectivity index (χ0v) is 24.2. The van der Waals surface area contributed by atoms with E-state index in [2.05, 4.69) is 97.9 Å². The first-order valence-corrected chi connectivity index (χ1v) is 12.4. The Balaban J connectivity index is 0.000000963. The molecule has 0 spiro atoms. The van der Waals surface area contributed by atoms with Crippen LogP contribution in [0.4, 0.5) is 0 Å². The van der Waals surface area contributed by atoms with Crippen molar-refractivity contribution in [3.05, 3.63) is 113 Å². The molecule has 172 valence electrons. The summed E-state index contributed by atoms with van der Waals surface area (Å²) >= 11 is 1.93. The van der Waals surface area contributed by atoms with Gasteiger partial charge in [-0.05, 0) is 65.3 Å². The first-order chi connectivity index (χ1) is 15.8. The maximum absolute atomic E-state index is 2.43. The fraction of sp³-hybridized carbons (Fsp3) is 0.161. The molecule has 1 aromatic heterocycles. The molecule has 0 radical (unpaired) electrons. The maximum atomic E-state index is 2.43. The van der Waals surface area contributed by atoms with E-state index in [4.69, 9.17) is 0 Å². The predicted octanol–water partition coefficient (Wildman–Crippen LogP) is 3.15. The molecule has 0 aliphatic heterocycles. The van der Waals surface area contributed by atoms with E-state index in [1.165, 1.54) is 66.4 Å². The molecular weight excluding hydrogens is 567 g/mol. The van der Waals surface area contributed by atoms with E-state index in [0.29, 0.717) is 11.8 Å². The Labute approximate surface area is 242 Å². The molecular formula is C31H24Cl2SZr. The minimum absolute atomic E-state index is 0. The van der Waals surface area contributed by atoms with Crippen molar-refractivity contribution >= 4 is 37.6 Å². The smallest absolute Gasteiger partial charge is 1.00 e. The first-order valence-electron chi connectivity index (χ1n) is 11.6. The van der Waals surface area contributed by atoms with Crippen molar-refractivity contribution in [2.24, 2.45) is 0 Å². The van der Waals surface area contributed by atoms with Crippen LogP contribution in [0, 0.1) is 0 Å². The normalized spacial score (nSPS) is 15.5. The van der Waals surface area contributed by atoms with Gasteiger partial charge in [0.15, 0.2) is 0 Å². The molecule has 5 aromatic rings. The molecule has 35 heavy (non-hydrogen) atoms. The molecule has 0 fully saturated rings. The van der Waals surface area contributed by atoms with Crippen molar-refractivity contribution in [3.8, 4) is 11.1 Å². The van der Waals surface area contributed by atoms with Crippen LogP contribution in [0.2, 0.25) is 0 Å². The number of allylic oxidation sites excluding steroid dienone is 1. The first kappa shape index (κ1) is 26.4. The van der Waals surface area contributed by atoms with Gasteiger partial charge in [-0.1, -0.05) is 84.4 Å². The molecule has 7 rings (SSSR count). The largest absolute Gasteiger partial charge is 2.00 e. The van der Waals surface area contributed by atoms with E-state index in [1.54, 1.807) is 5.56 Å². The van der Waals surface area contributed by atoms with Gasteiger partial charge in [0.05, 0.1) is 0 Å². The van der Waals surface area contributed by atoms with Gasteiger partial charge in [0.1, 0.15) is 0 Å². The van der Waals surface area contributed by atoms with Gasteiger partial charge in [-0.2, -0.15) is 0 Å². The molecule has 2 aliphatic rings. The summed E-state index contributed by atoms with van der Waals surface area (Å²) in [6.45, 7) is 2.33. The summed E-state index contributed by atoms with van der Waals surface area (Å²) in [6, 6.07) is 31.6. The van der Waals surface area contributed by atoms with Gasteiger partial charge < -0.3 is 24.8 Å². The van der Waals surface area contributed by atoms with Crippen molar-refractivity contribution in [1.82, 2.24) is 0 Å². The average Bonchev–Trinajstić information content (AvgIpc) is 3.46. The molecule has 0 amide bonds. The average molecular weight is 591 g/mol. The van der Waals surface area contributed by atoms with Gasteiger partial charge in [-0.25, -0.2) is 0 Å². The predicted molar refractivity (Wildman–Crippen MR) is 139 cm³/mol. The van der Waals surface area contributed by atoms with E-state index in [1.807, 2.05) is 11.3 Å². The third-order valence-electron chi connectivity index (χ3n) is 7.61. The summed E-state index contributed by atoms with van der Waals surface area (Å²) in [5.74, 6) is 1.00. The van der Waals surface area contributed by atoms with Gasteiger partial charge in [0.2, 0.25) is 0 Å². The maximum Gasteiger partial charge on any atom is 2.00 e. The minimum atomic E-state index is 0. The van der Waals surface area contributed by atoms with Crippen molar-refractivity contribution in [3.63, 3.8) is 0 Å². The quantitative estimate of drug-likeness (QED) is 0.303. The molecule has 4 heteroatoms. The fourth-order valence-electron chi connectivity index (χ4n) is 6.21. The number of thiophene rings is 1. The number of rotatable bonds is 3. The Kier molecular flexibility index (Phi) is 7.80. The van der Waals surface area contributed by atoms with Gasteiger partial charge in [0.25, 0.3) is 0 Å². The summed E-state index contributed by atoms with van der Waals surface area (Å²) in [5, 5.41) is 2.92. The molecule has 0 saturated carbocycles. The molecule has 1 unspecified atom stereocenters. The van der Waals surface area contributed by atoms with Crippen LogP contribution in [0.5, 0.6) is 0 Å². The van der Waals surface area contributed by atoms with Crippen LogP contribution < -0.4 is 24.8 Å². The summed E-state index contributed by atoms with van der Waals surface area (Å²) < 4.78 is 2.83. The summed E-state index contributed by atoms with van der Waals surface area (Å²) in [5.41, 5.74) is 10.4. The summed E-state index contributed by atoms with van der Waals surface area (Å²) in [7, 11) is 0. The van der Waals surface area contributed by atoms with E-state index in [0.717, 1.165) is 0 Å². The third kappa shape index (κ3) is 4.08. The van der Waals surface area contributed by atoms with Crippen LogP contribution in [0.15, 0.2) is 90.5 Å². The van der Waals surface area contributed by atoms with Gasteiger partial charge in [0, 0.05) is 32.0 Å². The molecule has 4 aromatic carbocycles. The van der Waals surface area contributed by atoms with Crippen LogP contribution in [0.1, 0.15) is 53.9 Å². The van der Waals surface area contributed by atoms with Crippen LogP contribution >= 0.6 is 11.3 Å². The number of halogens is 2. The number of fused-ring (bicyclic) bond motifs is 8. The van der Waals surface area contributed by atoms with E-state index < -0.39 is 0 Å². The Morgan fingerprint density at radius 2 is 1.26 bits per heavy atom. The Morgan fingerprint density at radius 1 is 0.657 bits per heavy atom. The molecule has 2 aliphatic carbocycles. The van der Waals surface area contributed by atoms with Gasteiger partial charge >= 0.3 is 26.2 Å². The second kappa shape index (κ2) is 10.3. The van der Waals surface area contributed by atoms with E-state index in [9.17, 15) is 0 Å². The minimum Gasteiger partial charge on any atom is -1.00 e. The Hall–Kier alpha value is -1.70. The Morgan fingerprint density at radius 3 is 1.97 bits per heavy atom. The number of hydrogen-bond acceptors (Lipinski definition) is 1. The topological polar surface area (TPSA) is 0 Å². The van der Waals surface area contributed by atoms with Gasteiger partial charge in [-0.15, -0.1) is 11.3 Å². The number of hydrogen-bond donors (Lipinski definition) is 0. The van der Waals surface area contributed by atoms with Crippen LogP contribution in [0.3, 0.4) is 0 Å². The van der Waals surface area contributed by atoms with Crippen molar-refractivity contribution in [2.45, 2.75) is 31.6 Å². The second-order valence-electron chi connectivity index (χ2n) is 9.29. The zero-order valence-electron chi connectivity index (χ0n) is 19.4. The second-order valence-corrected chi connectivity index (χ2v) is 10.4. The zero-order chi connectivity index (χ0) is 21.2. The SMILES string of the molecule is CC1=Cc2ccc3sc4ccccc4c3c2C1CCC1c2ccccc2-c2ccccc21.[Cl-].[Cl-].[Zr+2]. The van der Waals surface area contributed by atoms with Crippen LogP contribution in [-0.2, 0) is 26.2 Å².